The summed E-state index contributed by atoms with van der Waals surface area (Å²) < 4.78 is 0.811. The molecule has 0 saturated heterocycles. The minimum atomic E-state index is 0.309. The number of thiophene rings is 1. The van der Waals surface area contributed by atoms with Gasteiger partial charge in [0.2, 0.25) is 0 Å². The van der Waals surface area contributed by atoms with E-state index in [9.17, 15) is 0 Å². The van der Waals surface area contributed by atoms with Crippen LogP contribution in [0, 0.1) is 13.8 Å². The molecular formula is C13H16BrN3S. The van der Waals surface area contributed by atoms with E-state index in [2.05, 4.69) is 59.7 Å². The molecule has 2 rings (SSSR count). The van der Waals surface area contributed by atoms with Gasteiger partial charge in [0, 0.05) is 15.3 Å². The largest absolute Gasteiger partial charge is 0.383 e. The summed E-state index contributed by atoms with van der Waals surface area (Å²) >= 11 is 5.22. The zero-order valence-electron chi connectivity index (χ0n) is 10.9. The highest BCUT2D eigenvalue weighted by Gasteiger charge is 2.16. The van der Waals surface area contributed by atoms with E-state index in [-0.39, 0.29) is 0 Å². The Balaban J connectivity index is 2.62. The second kappa shape index (κ2) is 4.97. The highest BCUT2D eigenvalue weighted by atomic mass is 79.9. The molecule has 18 heavy (non-hydrogen) atoms. The van der Waals surface area contributed by atoms with Crippen molar-refractivity contribution < 1.29 is 0 Å². The summed E-state index contributed by atoms with van der Waals surface area (Å²) in [5, 5.41) is 0. The van der Waals surface area contributed by atoms with E-state index in [0.29, 0.717) is 11.7 Å². The van der Waals surface area contributed by atoms with E-state index in [0.717, 1.165) is 21.6 Å². The lowest BCUT2D eigenvalue weighted by Crippen LogP contribution is -2.04. The third-order valence-electron chi connectivity index (χ3n) is 2.73. The van der Waals surface area contributed by atoms with Crippen molar-refractivity contribution in [3.05, 3.63) is 26.0 Å². The molecule has 2 N–H and O–H groups in total. The van der Waals surface area contributed by atoms with E-state index < -0.39 is 0 Å². The van der Waals surface area contributed by atoms with Crippen molar-refractivity contribution in [2.24, 2.45) is 0 Å². The lowest BCUT2D eigenvalue weighted by Gasteiger charge is -2.11. The van der Waals surface area contributed by atoms with Gasteiger partial charge in [0.15, 0.2) is 5.82 Å². The number of halogens is 1. The highest BCUT2D eigenvalue weighted by Crippen LogP contribution is 2.33. The Morgan fingerprint density at radius 3 is 2.44 bits per heavy atom. The summed E-state index contributed by atoms with van der Waals surface area (Å²) in [5.41, 5.74) is 8.00. The Bertz CT molecular complexity index is 590. The van der Waals surface area contributed by atoms with Crippen LogP contribution < -0.4 is 5.73 Å². The summed E-state index contributed by atoms with van der Waals surface area (Å²) in [6.45, 7) is 8.38. The molecule has 0 aliphatic rings. The number of nitrogen functional groups attached to an aromatic ring is 1. The van der Waals surface area contributed by atoms with Crippen LogP contribution in [0.25, 0.3) is 11.4 Å². The molecule has 0 unspecified atom stereocenters. The van der Waals surface area contributed by atoms with Gasteiger partial charge in [-0.2, -0.15) is 0 Å². The Hall–Kier alpha value is -0.940. The van der Waals surface area contributed by atoms with Gasteiger partial charge in [0.1, 0.15) is 5.82 Å². The lowest BCUT2D eigenvalue weighted by molar-refractivity contribution is 0.811. The third kappa shape index (κ3) is 2.42. The van der Waals surface area contributed by atoms with Crippen LogP contribution in [0.1, 0.15) is 35.2 Å². The van der Waals surface area contributed by atoms with Crippen LogP contribution in [0.15, 0.2) is 10.5 Å². The molecule has 0 fully saturated rings. The zero-order chi connectivity index (χ0) is 13.4. The smallest absolute Gasteiger partial charge is 0.162 e. The van der Waals surface area contributed by atoms with Crippen molar-refractivity contribution in [3.63, 3.8) is 0 Å². The Morgan fingerprint density at radius 2 is 1.94 bits per heavy atom. The monoisotopic (exact) mass is 325 g/mol. The molecule has 2 heterocycles. The van der Waals surface area contributed by atoms with Gasteiger partial charge in [0.05, 0.1) is 10.2 Å². The fraction of sp³-hybridized carbons (Fsp3) is 0.385. The maximum Gasteiger partial charge on any atom is 0.162 e. The van der Waals surface area contributed by atoms with Crippen LogP contribution in [0.4, 0.5) is 5.82 Å². The normalized spacial score (nSPS) is 11.2. The molecule has 0 spiro atoms. The molecule has 3 nitrogen and oxygen atoms in total. The van der Waals surface area contributed by atoms with Crippen molar-refractivity contribution in [1.82, 2.24) is 9.97 Å². The zero-order valence-corrected chi connectivity index (χ0v) is 13.3. The number of aromatic nitrogens is 2. The lowest BCUT2D eigenvalue weighted by atomic mass is 10.1. The first-order chi connectivity index (χ1) is 8.40. The summed E-state index contributed by atoms with van der Waals surface area (Å²) in [5.74, 6) is 1.54. The fourth-order valence-corrected chi connectivity index (χ4v) is 3.39. The van der Waals surface area contributed by atoms with Gasteiger partial charge in [-0.05, 0) is 41.8 Å². The second-order valence-electron chi connectivity index (χ2n) is 4.61. The SMILES string of the molecule is Cc1cc(-c2nc(N)c(Br)c(C(C)C)n2)c(C)s1. The Morgan fingerprint density at radius 1 is 1.28 bits per heavy atom. The minimum absolute atomic E-state index is 0.309. The van der Waals surface area contributed by atoms with Gasteiger partial charge in [-0.1, -0.05) is 13.8 Å². The van der Waals surface area contributed by atoms with Gasteiger partial charge in [-0.15, -0.1) is 11.3 Å². The number of anilines is 1. The van der Waals surface area contributed by atoms with Crippen LogP contribution in [-0.4, -0.2) is 9.97 Å². The topological polar surface area (TPSA) is 51.8 Å². The van der Waals surface area contributed by atoms with Gasteiger partial charge >= 0.3 is 0 Å². The first kappa shape index (κ1) is 13.5. The van der Waals surface area contributed by atoms with Crippen LogP contribution >= 0.6 is 27.3 Å². The molecule has 0 bridgehead atoms. The van der Waals surface area contributed by atoms with Crippen LogP contribution in [0.5, 0.6) is 0 Å². The molecule has 2 aromatic rings. The predicted octanol–water partition coefficient (Wildman–Crippen LogP) is 4.29. The standard InChI is InChI=1S/C13H16BrN3S/c1-6(2)11-10(14)12(15)17-13(16-11)9-5-7(3)18-8(9)4/h5-6H,1-4H3,(H2,15,16,17). The van der Waals surface area contributed by atoms with Crippen molar-refractivity contribution >= 4 is 33.1 Å². The molecule has 0 radical (unpaired) electrons. The molecule has 0 aliphatic heterocycles. The number of hydrogen-bond acceptors (Lipinski definition) is 4. The van der Waals surface area contributed by atoms with Crippen molar-refractivity contribution in [2.45, 2.75) is 33.6 Å². The summed E-state index contributed by atoms with van der Waals surface area (Å²) in [6.07, 6.45) is 0. The summed E-state index contributed by atoms with van der Waals surface area (Å²) in [6, 6.07) is 2.12. The van der Waals surface area contributed by atoms with Gasteiger partial charge in [-0.3, -0.25) is 0 Å². The number of hydrogen-bond donors (Lipinski definition) is 1. The second-order valence-corrected chi connectivity index (χ2v) is 6.87. The fourth-order valence-electron chi connectivity index (χ4n) is 1.84. The first-order valence-corrected chi connectivity index (χ1v) is 7.41. The van der Waals surface area contributed by atoms with E-state index in [1.54, 1.807) is 11.3 Å². The molecule has 2 aromatic heterocycles. The van der Waals surface area contributed by atoms with Gasteiger partial charge in [-0.25, -0.2) is 9.97 Å². The van der Waals surface area contributed by atoms with Gasteiger partial charge < -0.3 is 5.73 Å². The van der Waals surface area contributed by atoms with Crippen LogP contribution in [0.2, 0.25) is 0 Å². The number of nitrogens with two attached hydrogens (primary N) is 1. The maximum absolute atomic E-state index is 5.96. The van der Waals surface area contributed by atoms with E-state index in [4.69, 9.17) is 5.73 Å². The predicted molar refractivity (Wildman–Crippen MR) is 81.0 cm³/mol. The van der Waals surface area contributed by atoms with Crippen molar-refractivity contribution in [3.8, 4) is 11.4 Å². The number of rotatable bonds is 2. The molecule has 0 aromatic carbocycles. The molecule has 0 aliphatic carbocycles. The van der Waals surface area contributed by atoms with Crippen LogP contribution in [-0.2, 0) is 0 Å². The third-order valence-corrected chi connectivity index (χ3v) is 4.51. The minimum Gasteiger partial charge on any atom is -0.383 e. The maximum atomic E-state index is 5.96. The van der Waals surface area contributed by atoms with Crippen LogP contribution in [0.3, 0.4) is 0 Å². The first-order valence-electron chi connectivity index (χ1n) is 5.80. The molecule has 96 valence electrons. The summed E-state index contributed by atoms with van der Waals surface area (Å²) in [7, 11) is 0. The Kier molecular flexibility index (Phi) is 3.73. The molecule has 5 heteroatoms. The molecule has 0 atom stereocenters. The van der Waals surface area contributed by atoms with Crippen molar-refractivity contribution in [1.29, 1.82) is 0 Å². The van der Waals surface area contributed by atoms with E-state index in [1.165, 1.54) is 9.75 Å². The average molecular weight is 326 g/mol. The molecular weight excluding hydrogens is 310 g/mol. The summed E-state index contributed by atoms with van der Waals surface area (Å²) in [4.78, 5) is 11.5. The van der Waals surface area contributed by atoms with E-state index in [1.807, 2.05) is 0 Å². The quantitative estimate of drug-likeness (QED) is 0.896. The highest BCUT2D eigenvalue weighted by molar-refractivity contribution is 9.10. The number of aryl methyl sites for hydroxylation is 2. The Labute approximate surface area is 120 Å². The average Bonchev–Trinajstić information content (AvgIpc) is 2.61. The molecule has 0 saturated carbocycles. The van der Waals surface area contributed by atoms with Crippen molar-refractivity contribution in [2.75, 3.05) is 5.73 Å². The number of nitrogens with zero attached hydrogens (tertiary/aromatic N) is 2. The molecule has 0 amide bonds. The van der Waals surface area contributed by atoms with Gasteiger partial charge in [0.25, 0.3) is 0 Å². The van der Waals surface area contributed by atoms with E-state index >= 15 is 0 Å².